The Kier molecular flexibility index (Phi) is 4.60. The number of alkyl halides is 1. The molecule has 0 aliphatic heterocycles. The zero-order valence-electron chi connectivity index (χ0n) is 10.4. The normalized spacial score (nSPS) is 15.6. The average Bonchev–Trinajstić information content (AvgIpc) is 2.32. The highest BCUT2D eigenvalue weighted by Crippen LogP contribution is 2.28. The van der Waals surface area contributed by atoms with Crippen LogP contribution in [0.5, 0.6) is 0 Å². The van der Waals surface area contributed by atoms with Gasteiger partial charge in [0, 0.05) is 30.2 Å². The molecule has 1 fully saturated rings. The fraction of sp³-hybridized carbons (Fsp3) is 0.692. The first-order valence-corrected chi connectivity index (χ1v) is 7.02. The summed E-state index contributed by atoms with van der Waals surface area (Å²) in [5.74, 6) is 1.79. The molecule has 0 saturated heterocycles. The van der Waals surface area contributed by atoms with Crippen LogP contribution in [0.2, 0.25) is 0 Å². The van der Waals surface area contributed by atoms with Crippen LogP contribution in [0.25, 0.3) is 0 Å². The Labute approximate surface area is 108 Å². The monoisotopic (exact) mass is 253 g/mol. The third kappa shape index (κ3) is 3.09. The predicted octanol–water partition coefficient (Wildman–Crippen LogP) is 3.03. The van der Waals surface area contributed by atoms with Crippen LogP contribution in [0.15, 0.2) is 12.4 Å². The summed E-state index contributed by atoms with van der Waals surface area (Å²) in [6.07, 6.45) is 7.57. The Morgan fingerprint density at radius 2 is 2.24 bits per heavy atom. The highest BCUT2D eigenvalue weighted by Gasteiger charge is 2.25. The van der Waals surface area contributed by atoms with Gasteiger partial charge in [-0.25, -0.2) is 9.97 Å². The maximum Gasteiger partial charge on any atom is 0.132 e. The fourth-order valence-corrected chi connectivity index (χ4v) is 2.27. The number of halogens is 1. The number of rotatable bonds is 6. The molecule has 0 N–H and O–H groups in total. The molecule has 2 rings (SSSR count). The van der Waals surface area contributed by atoms with Gasteiger partial charge in [-0.1, -0.05) is 6.92 Å². The number of nitrogens with zero attached hydrogens (tertiary/aromatic N) is 3. The van der Waals surface area contributed by atoms with Crippen LogP contribution in [0.3, 0.4) is 0 Å². The van der Waals surface area contributed by atoms with Crippen molar-refractivity contribution in [2.45, 2.75) is 45.1 Å². The van der Waals surface area contributed by atoms with Gasteiger partial charge >= 0.3 is 0 Å². The summed E-state index contributed by atoms with van der Waals surface area (Å²) in [6, 6.07) is 2.78. The smallest absolute Gasteiger partial charge is 0.132 e. The van der Waals surface area contributed by atoms with E-state index < -0.39 is 0 Å². The molecule has 0 amide bonds. The van der Waals surface area contributed by atoms with E-state index in [0.29, 0.717) is 6.04 Å². The Morgan fingerprint density at radius 3 is 2.82 bits per heavy atom. The molecule has 17 heavy (non-hydrogen) atoms. The van der Waals surface area contributed by atoms with Crippen molar-refractivity contribution in [3.05, 3.63) is 18.1 Å². The van der Waals surface area contributed by atoms with E-state index in [2.05, 4.69) is 27.9 Å². The van der Waals surface area contributed by atoms with Crippen molar-refractivity contribution < 1.29 is 0 Å². The second kappa shape index (κ2) is 6.20. The molecular weight excluding hydrogens is 234 g/mol. The quantitative estimate of drug-likeness (QED) is 0.730. The minimum atomic E-state index is 0.665. The molecule has 0 atom stereocenters. The van der Waals surface area contributed by atoms with E-state index in [1.54, 1.807) is 6.33 Å². The summed E-state index contributed by atoms with van der Waals surface area (Å²) < 4.78 is 0. The van der Waals surface area contributed by atoms with Gasteiger partial charge in [-0.15, -0.1) is 11.6 Å². The molecule has 1 saturated carbocycles. The number of hydrogen-bond donors (Lipinski definition) is 0. The van der Waals surface area contributed by atoms with E-state index in [1.807, 2.05) is 0 Å². The molecule has 4 heteroatoms. The number of hydrogen-bond acceptors (Lipinski definition) is 3. The van der Waals surface area contributed by atoms with Crippen LogP contribution in [-0.2, 0) is 6.42 Å². The molecule has 0 spiro atoms. The zero-order valence-corrected chi connectivity index (χ0v) is 11.2. The van der Waals surface area contributed by atoms with Gasteiger partial charge < -0.3 is 4.90 Å². The molecule has 1 aromatic rings. The Morgan fingerprint density at radius 1 is 1.41 bits per heavy atom. The van der Waals surface area contributed by atoms with Crippen molar-refractivity contribution in [2.75, 3.05) is 17.3 Å². The van der Waals surface area contributed by atoms with Gasteiger partial charge in [0.05, 0.1) is 0 Å². The molecule has 0 radical (unpaired) electrons. The minimum Gasteiger partial charge on any atom is -0.353 e. The van der Waals surface area contributed by atoms with Gasteiger partial charge in [0.15, 0.2) is 0 Å². The highest BCUT2D eigenvalue weighted by atomic mass is 35.5. The van der Waals surface area contributed by atoms with E-state index in [4.69, 9.17) is 11.6 Å². The molecule has 94 valence electrons. The number of aromatic nitrogens is 2. The first kappa shape index (κ1) is 12.6. The largest absolute Gasteiger partial charge is 0.353 e. The topological polar surface area (TPSA) is 29.0 Å². The second-order valence-corrected chi connectivity index (χ2v) is 4.92. The molecule has 1 heterocycles. The van der Waals surface area contributed by atoms with Crippen molar-refractivity contribution in [3.8, 4) is 0 Å². The molecule has 1 aliphatic rings. The van der Waals surface area contributed by atoms with Crippen LogP contribution >= 0.6 is 11.6 Å². The molecule has 1 aliphatic carbocycles. The zero-order chi connectivity index (χ0) is 12.1. The van der Waals surface area contributed by atoms with Gasteiger partial charge in [-0.3, -0.25) is 0 Å². The lowest BCUT2D eigenvalue weighted by molar-refractivity contribution is 0.384. The van der Waals surface area contributed by atoms with Crippen LogP contribution in [0, 0.1) is 0 Å². The first-order chi connectivity index (χ1) is 8.35. The first-order valence-electron chi connectivity index (χ1n) is 6.48. The highest BCUT2D eigenvalue weighted by molar-refractivity contribution is 6.17. The molecule has 1 aromatic heterocycles. The van der Waals surface area contributed by atoms with Crippen LogP contribution in [0.1, 0.15) is 38.3 Å². The minimum absolute atomic E-state index is 0.665. The van der Waals surface area contributed by atoms with Crippen molar-refractivity contribution in [2.24, 2.45) is 0 Å². The third-order valence-corrected chi connectivity index (χ3v) is 3.68. The van der Waals surface area contributed by atoms with Crippen LogP contribution in [-0.4, -0.2) is 28.4 Å². The molecule has 3 nitrogen and oxygen atoms in total. The van der Waals surface area contributed by atoms with E-state index >= 15 is 0 Å². The lowest BCUT2D eigenvalue weighted by Gasteiger charge is -2.38. The standard InChI is InChI=1S/C13H20ClN3/c1-2-11-9-13(16-10-15-11)17(8-4-7-14)12-5-3-6-12/h9-10,12H,2-8H2,1H3. The van der Waals surface area contributed by atoms with E-state index in [0.717, 1.165) is 36.8 Å². The average molecular weight is 254 g/mol. The summed E-state index contributed by atoms with van der Waals surface area (Å²) >= 11 is 5.80. The van der Waals surface area contributed by atoms with Crippen molar-refractivity contribution in [1.82, 2.24) is 9.97 Å². The Bertz CT molecular complexity index is 352. The molecular formula is C13H20ClN3. The maximum absolute atomic E-state index is 5.80. The van der Waals surface area contributed by atoms with Crippen molar-refractivity contribution >= 4 is 17.4 Å². The predicted molar refractivity (Wildman–Crippen MR) is 71.7 cm³/mol. The lowest BCUT2D eigenvalue weighted by Crippen LogP contribution is -2.41. The maximum atomic E-state index is 5.80. The van der Waals surface area contributed by atoms with E-state index in [1.165, 1.54) is 19.3 Å². The summed E-state index contributed by atoms with van der Waals surface area (Å²) in [6.45, 7) is 3.13. The lowest BCUT2D eigenvalue weighted by atomic mass is 9.91. The van der Waals surface area contributed by atoms with Gasteiger partial charge in [0.25, 0.3) is 0 Å². The van der Waals surface area contributed by atoms with E-state index in [9.17, 15) is 0 Å². The van der Waals surface area contributed by atoms with Gasteiger partial charge in [0.1, 0.15) is 12.1 Å². The van der Waals surface area contributed by atoms with Crippen LogP contribution < -0.4 is 4.90 Å². The summed E-state index contributed by atoms with van der Waals surface area (Å²) in [5.41, 5.74) is 1.12. The second-order valence-electron chi connectivity index (χ2n) is 4.54. The molecule has 0 bridgehead atoms. The summed E-state index contributed by atoms with van der Waals surface area (Å²) in [5, 5.41) is 0. The third-order valence-electron chi connectivity index (χ3n) is 3.41. The summed E-state index contributed by atoms with van der Waals surface area (Å²) in [4.78, 5) is 11.1. The number of anilines is 1. The van der Waals surface area contributed by atoms with Gasteiger partial charge in [0.2, 0.25) is 0 Å². The van der Waals surface area contributed by atoms with E-state index in [-0.39, 0.29) is 0 Å². The van der Waals surface area contributed by atoms with Crippen LogP contribution in [0.4, 0.5) is 5.82 Å². The SMILES string of the molecule is CCc1cc(N(CCCCl)C2CCC2)ncn1. The Balaban J connectivity index is 2.11. The summed E-state index contributed by atoms with van der Waals surface area (Å²) in [7, 11) is 0. The number of aryl methyl sites for hydroxylation is 1. The van der Waals surface area contributed by atoms with Gasteiger partial charge in [-0.2, -0.15) is 0 Å². The Hall–Kier alpha value is -0.830. The van der Waals surface area contributed by atoms with Gasteiger partial charge in [-0.05, 0) is 32.1 Å². The van der Waals surface area contributed by atoms with Crippen molar-refractivity contribution in [1.29, 1.82) is 0 Å². The fourth-order valence-electron chi connectivity index (χ4n) is 2.15. The molecule has 0 aromatic carbocycles. The van der Waals surface area contributed by atoms with Crippen molar-refractivity contribution in [3.63, 3.8) is 0 Å². The molecule has 0 unspecified atom stereocenters.